The lowest BCUT2D eigenvalue weighted by atomic mass is 10.2. The summed E-state index contributed by atoms with van der Waals surface area (Å²) in [6, 6.07) is 5.91. The van der Waals surface area contributed by atoms with E-state index in [4.69, 9.17) is 5.73 Å². The minimum Gasteiger partial charge on any atom is -0.349 e. The van der Waals surface area contributed by atoms with E-state index in [1.54, 1.807) is 0 Å². The molecule has 1 heterocycles. The molecule has 2 aromatic rings. The monoisotopic (exact) mass is 260 g/mol. The Morgan fingerprint density at radius 2 is 2.26 bits per heavy atom. The van der Waals surface area contributed by atoms with Crippen molar-refractivity contribution < 1.29 is 4.79 Å². The number of carbonyl (C=O) groups is 1. The molecule has 0 saturated heterocycles. The van der Waals surface area contributed by atoms with Crippen LogP contribution < -0.4 is 11.1 Å². The van der Waals surface area contributed by atoms with Crippen molar-refractivity contribution in [1.29, 1.82) is 0 Å². The summed E-state index contributed by atoms with van der Waals surface area (Å²) in [5, 5.41) is 2.85. The minimum atomic E-state index is -0.123. The number of fused-ring (bicyclic) bond motifs is 1. The molecule has 19 heavy (non-hydrogen) atoms. The predicted octanol–water partition coefficient (Wildman–Crippen LogP) is 1.24. The van der Waals surface area contributed by atoms with Gasteiger partial charge < -0.3 is 15.6 Å². The van der Waals surface area contributed by atoms with E-state index < -0.39 is 0 Å². The molecule has 0 bridgehead atoms. The summed E-state index contributed by atoms with van der Waals surface area (Å²) in [7, 11) is 1.97. The minimum absolute atomic E-state index is 0.0428. The van der Waals surface area contributed by atoms with Crippen LogP contribution in [0.25, 0.3) is 11.0 Å². The van der Waals surface area contributed by atoms with E-state index in [-0.39, 0.29) is 11.9 Å². The van der Waals surface area contributed by atoms with Gasteiger partial charge in [0, 0.05) is 19.5 Å². The summed E-state index contributed by atoms with van der Waals surface area (Å²) in [5.74, 6) is 0.807. The van der Waals surface area contributed by atoms with Crippen LogP contribution in [0, 0.1) is 6.92 Å². The number of carbonyl (C=O) groups excluding carboxylic acids is 1. The summed E-state index contributed by atoms with van der Waals surface area (Å²) in [6.45, 7) is 4.30. The zero-order chi connectivity index (χ0) is 14.0. The molecule has 0 aliphatic heterocycles. The number of hydrogen-bond acceptors (Lipinski definition) is 3. The summed E-state index contributed by atoms with van der Waals surface area (Å²) < 4.78 is 2.02. The van der Waals surface area contributed by atoms with Crippen LogP contribution in [0.3, 0.4) is 0 Å². The number of hydrogen-bond donors (Lipinski definition) is 2. The van der Waals surface area contributed by atoms with Crippen molar-refractivity contribution in [3.8, 4) is 0 Å². The molecule has 1 atom stereocenters. The molecule has 0 radical (unpaired) electrons. The Kier molecular flexibility index (Phi) is 3.85. The number of aromatic nitrogens is 2. The van der Waals surface area contributed by atoms with E-state index in [1.807, 2.05) is 30.7 Å². The van der Waals surface area contributed by atoms with Crippen molar-refractivity contribution in [2.24, 2.45) is 12.8 Å². The number of imidazole rings is 1. The van der Waals surface area contributed by atoms with Crippen LogP contribution in [-0.4, -0.2) is 21.5 Å². The van der Waals surface area contributed by atoms with Crippen LogP contribution in [0.5, 0.6) is 0 Å². The quantitative estimate of drug-likeness (QED) is 0.868. The first-order valence-electron chi connectivity index (χ1n) is 6.42. The smallest absolute Gasteiger partial charge is 0.221 e. The molecule has 1 amide bonds. The summed E-state index contributed by atoms with van der Waals surface area (Å²) in [5.41, 5.74) is 8.84. The van der Waals surface area contributed by atoms with Crippen molar-refractivity contribution >= 4 is 16.9 Å². The van der Waals surface area contributed by atoms with Crippen LogP contribution >= 0.6 is 0 Å². The first kappa shape index (κ1) is 13.5. The zero-order valence-corrected chi connectivity index (χ0v) is 11.6. The SMILES string of the molecule is Cc1cccc2nc(CNC(=O)CC(C)N)n(C)c12. The molecule has 0 aliphatic carbocycles. The third kappa shape index (κ3) is 2.93. The molecule has 0 spiro atoms. The Balaban J connectivity index is 2.16. The van der Waals surface area contributed by atoms with Crippen molar-refractivity contribution in [1.82, 2.24) is 14.9 Å². The lowest BCUT2D eigenvalue weighted by Gasteiger charge is -2.07. The second-order valence-electron chi connectivity index (χ2n) is 4.99. The van der Waals surface area contributed by atoms with Gasteiger partial charge >= 0.3 is 0 Å². The average molecular weight is 260 g/mol. The second-order valence-corrected chi connectivity index (χ2v) is 4.99. The van der Waals surface area contributed by atoms with Gasteiger partial charge in [-0.3, -0.25) is 4.79 Å². The van der Waals surface area contributed by atoms with Crippen LogP contribution in [-0.2, 0) is 18.4 Å². The van der Waals surface area contributed by atoms with Crippen molar-refractivity contribution in [3.05, 3.63) is 29.6 Å². The third-order valence-electron chi connectivity index (χ3n) is 3.14. The Morgan fingerprint density at radius 3 is 2.89 bits per heavy atom. The van der Waals surface area contributed by atoms with Gasteiger partial charge in [0.1, 0.15) is 5.82 Å². The van der Waals surface area contributed by atoms with E-state index in [1.165, 1.54) is 5.56 Å². The maximum atomic E-state index is 11.6. The van der Waals surface area contributed by atoms with Crippen molar-refractivity contribution in [2.75, 3.05) is 0 Å². The molecule has 3 N–H and O–H groups in total. The Morgan fingerprint density at radius 1 is 1.53 bits per heavy atom. The lowest BCUT2D eigenvalue weighted by molar-refractivity contribution is -0.121. The molecule has 2 rings (SSSR count). The summed E-state index contributed by atoms with van der Waals surface area (Å²) >= 11 is 0. The van der Waals surface area contributed by atoms with E-state index in [2.05, 4.69) is 23.3 Å². The number of nitrogens with one attached hydrogen (secondary N) is 1. The molecule has 1 aromatic heterocycles. The zero-order valence-electron chi connectivity index (χ0n) is 11.6. The molecular formula is C14H20N4O. The third-order valence-corrected chi connectivity index (χ3v) is 3.14. The highest BCUT2D eigenvalue weighted by atomic mass is 16.1. The highest BCUT2D eigenvalue weighted by Gasteiger charge is 2.11. The maximum Gasteiger partial charge on any atom is 0.221 e. The number of nitrogens with two attached hydrogens (primary N) is 1. The normalized spacial score (nSPS) is 12.6. The first-order chi connectivity index (χ1) is 8.99. The van der Waals surface area contributed by atoms with Gasteiger partial charge in [-0.05, 0) is 25.5 Å². The molecule has 0 fully saturated rings. The first-order valence-corrected chi connectivity index (χ1v) is 6.42. The molecule has 5 nitrogen and oxygen atoms in total. The number of benzene rings is 1. The summed E-state index contributed by atoms with van der Waals surface area (Å²) in [4.78, 5) is 16.1. The maximum absolute atomic E-state index is 11.6. The number of rotatable bonds is 4. The largest absolute Gasteiger partial charge is 0.349 e. The van der Waals surface area contributed by atoms with Gasteiger partial charge in [-0.1, -0.05) is 12.1 Å². The Labute approximate surface area is 112 Å². The molecular weight excluding hydrogens is 240 g/mol. The fourth-order valence-electron chi connectivity index (χ4n) is 2.21. The van der Waals surface area contributed by atoms with Gasteiger partial charge in [-0.25, -0.2) is 4.98 Å². The number of nitrogens with zero attached hydrogens (tertiary/aromatic N) is 2. The van der Waals surface area contributed by atoms with Crippen molar-refractivity contribution in [3.63, 3.8) is 0 Å². The highest BCUT2D eigenvalue weighted by Crippen LogP contribution is 2.18. The van der Waals surface area contributed by atoms with Crippen LogP contribution in [0.4, 0.5) is 0 Å². The van der Waals surface area contributed by atoms with Crippen LogP contribution in [0.1, 0.15) is 24.7 Å². The van der Waals surface area contributed by atoms with E-state index in [9.17, 15) is 4.79 Å². The van der Waals surface area contributed by atoms with Gasteiger partial charge in [-0.2, -0.15) is 0 Å². The highest BCUT2D eigenvalue weighted by molar-refractivity contribution is 5.80. The fourth-order valence-corrected chi connectivity index (χ4v) is 2.21. The van der Waals surface area contributed by atoms with Gasteiger partial charge in [0.2, 0.25) is 5.91 Å². The Bertz CT molecular complexity index is 601. The van der Waals surface area contributed by atoms with Crippen molar-refractivity contribution in [2.45, 2.75) is 32.9 Å². The number of aryl methyl sites for hydroxylation is 2. The van der Waals surface area contributed by atoms with Crippen LogP contribution in [0.15, 0.2) is 18.2 Å². The predicted molar refractivity (Wildman–Crippen MR) is 75.6 cm³/mol. The van der Waals surface area contributed by atoms with Crippen LogP contribution in [0.2, 0.25) is 0 Å². The molecule has 0 aliphatic rings. The topological polar surface area (TPSA) is 72.9 Å². The average Bonchev–Trinajstić information content (AvgIpc) is 2.64. The molecule has 1 aromatic carbocycles. The number of amides is 1. The fraction of sp³-hybridized carbons (Fsp3) is 0.429. The summed E-state index contributed by atoms with van der Waals surface area (Å²) in [6.07, 6.45) is 0.336. The standard InChI is InChI=1S/C14H20N4O/c1-9-5-4-6-11-14(9)18(3)12(17-11)8-16-13(19)7-10(2)15/h4-6,10H,7-8,15H2,1-3H3,(H,16,19). The van der Waals surface area contributed by atoms with Gasteiger partial charge in [0.15, 0.2) is 0 Å². The van der Waals surface area contributed by atoms with E-state index in [0.29, 0.717) is 13.0 Å². The Hall–Kier alpha value is -1.88. The van der Waals surface area contributed by atoms with E-state index in [0.717, 1.165) is 16.9 Å². The van der Waals surface area contributed by atoms with Gasteiger partial charge in [0.25, 0.3) is 0 Å². The second kappa shape index (κ2) is 5.40. The van der Waals surface area contributed by atoms with Gasteiger partial charge in [-0.15, -0.1) is 0 Å². The number of para-hydroxylation sites is 1. The molecule has 5 heteroatoms. The molecule has 1 unspecified atom stereocenters. The lowest BCUT2D eigenvalue weighted by Crippen LogP contribution is -2.30. The van der Waals surface area contributed by atoms with Gasteiger partial charge in [0.05, 0.1) is 17.6 Å². The van der Waals surface area contributed by atoms with E-state index >= 15 is 0 Å². The molecule has 102 valence electrons. The molecule has 0 saturated carbocycles.